The number of carbonyl (C=O) groups excluding carboxylic acids is 1. The van der Waals surface area contributed by atoms with Crippen molar-refractivity contribution in [1.29, 1.82) is 0 Å². The predicted octanol–water partition coefficient (Wildman–Crippen LogP) is 3.96. The SMILES string of the molecule is CCc1ccc(C(=O)N2C[C@@H](c3ccc(OC)cc3)[C@@H]3[C@H]2C2CCN3CC2)cc1. The first-order chi connectivity index (χ1) is 14.2. The maximum Gasteiger partial charge on any atom is 0.254 e. The van der Waals surface area contributed by atoms with E-state index in [-0.39, 0.29) is 5.91 Å². The quantitative estimate of drug-likeness (QED) is 0.792. The molecule has 4 nitrogen and oxygen atoms in total. The molecule has 6 rings (SSSR count). The van der Waals surface area contributed by atoms with E-state index in [0.29, 0.717) is 23.9 Å². The molecule has 2 aromatic carbocycles. The van der Waals surface area contributed by atoms with Crippen LogP contribution < -0.4 is 4.74 Å². The van der Waals surface area contributed by atoms with Gasteiger partial charge in [-0.25, -0.2) is 0 Å². The number of methoxy groups -OCH3 is 1. The van der Waals surface area contributed by atoms with E-state index in [1.54, 1.807) is 7.11 Å². The van der Waals surface area contributed by atoms with E-state index in [9.17, 15) is 4.79 Å². The first-order valence-electron chi connectivity index (χ1n) is 11.0. The van der Waals surface area contributed by atoms with Crippen molar-refractivity contribution in [3.63, 3.8) is 0 Å². The zero-order valence-electron chi connectivity index (χ0n) is 17.4. The Labute approximate surface area is 173 Å². The van der Waals surface area contributed by atoms with E-state index >= 15 is 0 Å². The molecule has 3 atom stereocenters. The Hall–Kier alpha value is -2.33. The average Bonchev–Trinajstić information content (AvgIpc) is 3.22. The van der Waals surface area contributed by atoms with Crippen LogP contribution in [0.3, 0.4) is 0 Å². The Balaban J connectivity index is 1.47. The van der Waals surface area contributed by atoms with E-state index in [0.717, 1.165) is 24.3 Å². The van der Waals surface area contributed by atoms with E-state index in [4.69, 9.17) is 4.74 Å². The molecule has 2 bridgehead atoms. The number of ether oxygens (including phenoxy) is 1. The standard InChI is InChI=1S/C25H30N2O2/c1-3-17-4-6-20(7-5-17)25(28)27-16-22(18-8-10-21(29-2)11-9-18)24-23(27)19-12-14-26(24)15-13-19/h4-11,19,22-24H,3,12-16H2,1-2H3/t22-,23+,24+/m0/s1. The van der Waals surface area contributed by atoms with Crippen LogP contribution in [0.25, 0.3) is 0 Å². The van der Waals surface area contributed by atoms with Gasteiger partial charge in [0.15, 0.2) is 0 Å². The first kappa shape index (κ1) is 18.7. The van der Waals surface area contributed by atoms with E-state index in [1.165, 1.54) is 37.1 Å². The number of piperidine rings is 3. The number of benzene rings is 2. The molecule has 2 aromatic rings. The summed E-state index contributed by atoms with van der Waals surface area (Å²) < 4.78 is 5.35. The van der Waals surface area contributed by atoms with Crippen LogP contribution in [0, 0.1) is 5.92 Å². The van der Waals surface area contributed by atoms with Crippen molar-refractivity contribution < 1.29 is 9.53 Å². The van der Waals surface area contributed by atoms with Crippen molar-refractivity contribution in [1.82, 2.24) is 9.80 Å². The Morgan fingerprint density at radius 3 is 2.31 bits per heavy atom. The second kappa shape index (κ2) is 7.49. The number of likely N-dealkylation sites (tertiary alicyclic amines) is 1. The third kappa shape index (κ3) is 3.14. The van der Waals surface area contributed by atoms with Crippen molar-refractivity contribution in [3.8, 4) is 5.75 Å². The summed E-state index contributed by atoms with van der Waals surface area (Å²) in [4.78, 5) is 18.4. The van der Waals surface area contributed by atoms with Gasteiger partial charge in [-0.1, -0.05) is 31.2 Å². The van der Waals surface area contributed by atoms with Crippen molar-refractivity contribution >= 4 is 5.91 Å². The van der Waals surface area contributed by atoms with Crippen LogP contribution in [0.5, 0.6) is 5.75 Å². The number of carbonyl (C=O) groups is 1. The summed E-state index contributed by atoms with van der Waals surface area (Å²) in [6.45, 7) is 5.30. The number of amides is 1. The van der Waals surface area contributed by atoms with Crippen LogP contribution in [0.1, 0.15) is 47.2 Å². The topological polar surface area (TPSA) is 32.8 Å². The van der Waals surface area contributed by atoms with E-state index < -0.39 is 0 Å². The number of hydrogen-bond donors (Lipinski definition) is 0. The maximum atomic E-state index is 13.5. The lowest BCUT2D eigenvalue weighted by Crippen LogP contribution is -2.60. The molecule has 0 aliphatic carbocycles. The fourth-order valence-electron chi connectivity index (χ4n) is 5.85. The predicted molar refractivity (Wildman–Crippen MR) is 114 cm³/mol. The molecule has 4 aliphatic rings. The molecule has 0 N–H and O–H groups in total. The highest BCUT2D eigenvalue weighted by atomic mass is 16.5. The Morgan fingerprint density at radius 2 is 1.69 bits per heavy atom. The van der Waals surface area contributed by atoms with Crippen LogP contribution in [0.15, 0.2) is 48.5 Å². The summed E-state index contributed by atoms with van der Waals surface area (Å²) in [7, 11) is 1.70. The third-order valence-corrected chi connectivity index (χ3v) is 7.41. The molecule has 4 saturated heterocycles. The zero-order chi connectivity index (χ0) is 20.0. The van der Waals surface area contributed by atoms with Gasteiger partial charge in [0, 0.05) is 24.1 Å². The monoisotopic (exact) mass is 390 g/mol. The second-order valence-corrected chi connectivity index (χ2v) is 8.74. The highest BCUT2D eigenvalue weighted by molar-refractivity contribution is 5.95. The molecule has 4 heterocycles. The molecule has 0 radical (unpaired) electrons. The van der Waals surface area contributed by atoms with Crippen molar-refractivity contribution in [2.45, 2.75) is 44.2 Å². The molecule has 29 heavy (non-hydrogen) atoms. The smallest absolute Gasteiger partial charge is 0.254 e. The number of fused-ring (bicyclic) bond motifs is 2. The molecule has 0 aromatic heterocycles. The molecule has 4 fully saturated rings. The van der Waals surface area contributed by atoms with Gasteiger partial charge in [0.1, 0.15) is 5.75 Å². The molecule has 1 amide bonds. The van der Waals surface area contributed by atoms with E-state index in [2.05, 4.69) is 53.1 Å². The largest absolute Gasteiger partial charge is 0.497 e. The van der Waals surface area contributed by atoms with Gasteiger partial charge in [-0.05, 0) is 73.7 Å². The lowest BCUT2D eigenvalue weighted by Gasteiger charge is -2.51. The summed E-state index contributed by atoms with van der Waals surface area (Å²) >= 11 is 0. The van der Waals surface area contributed by atoms with Crippen molar-refractivity contribution in [2.75, 3.05) is 26.7 Å². The van der Waals surface area contributed by atoms with Gasteiger partial charge in [0.2, 0.25) is 0 Å². The van der Waals surface area contributed by atoms with Crippen LogP contribution >= 0.6 is 0 Å². The third-order valence-electron chi connectivity index (χ3n) is 7.41. The van der Waals surface area contributed by atoms with Gasteiger partial charge < -0.3 is 9.64 Å². The fraction of sp³-hybridized carbons (Fsp3) is 0.480. The van der Waals surface area contributed by atoms with Crippen LogP contribution in [-0.4, -0.2) is 54.5 Å². The van der Waals surface area contributed by atoms with Gasteiger partial charge in [-0.2, -0.15) is 0 Å². The molecule has 4 heteroatoms. The van der Waals surface area contributed by atoms with Gasteiger partial charge in [-0.15, -0.1) is 0 Å². The summed E-state index contributed by atoms with van der Waals surface area (Å²) in [5.74, 6) is 2.09. The molecular weight excluding hydrogens is 360 g/mol. The Bertz CT molecular complexity index is 869. The van der Waals surface area contributed by atoms with Gasteiger partial charge in [0.25, 0.3) is 5.91 Å². The summed E-state index contributed by atoms with van der Waals surface area (Å²) in [6.07, 6.45) is 3.43. The summed E-state index contributed by atoms with van der Waals surface area (Å²) in [5.41, 5.74) is 3.43. The van der Waals surface area contributed by atoms with Gasteiger partial charge in [0.05, 0.1) is 13.2 Å². The van der Waals surface area contributed by atoms with Crippen LogP contribution in [-0.2, 0) is 6.42 Å². The molecule has 0 spiro atoms. The van der Waals surface area contributed by atoms with E-state index in [1.807, 2.05) is 12.1 Å². The minimum atomic E-state index is 0.201. The Kier molecular flexibility index (Phi) is 4.83. The highest BCUT2D eigenvalue weighted by Crippen LogP contribution is 2.47. The molecule has 0 unspecified atom stereocenters. The molecule has 152 valence electrons. The normalized spacial score (nSPS) is 30.3. The minimum Gasteiger partial charge on any atom is -0.497 e. The maximum absolute atomic E-state index is 13.5. The summed E-state index contributed by atoms with van der Waals surface area (Å²) in [6, 6.07) is 17.5. The minimum absolute atomic E-state index is 0.201. The number of hydrogen-bond acceptors (Lipinski definition) is 3. The fourth-order valence-corrected chi connectivity index (χ4v) is 5.85. The van der Waals surface area contributed by atoms with Crippen LogP contribution in [0.2, 0.25) is 0 Å². The van der Waals surface area contributed by atoms with Crippen molar-refractivity contribution in [3.05, 3.63) is 65.2 Å². The first-order valence-corrected chi connectivity index (χ1v) is 11.0. The highest BCUT2D eigenvalue weighted by Gasteiger charge is 2.54. The lowest BCUT2D eigenvalue weighted by atomic mass is 9.75. The number of aryl methyl sites for hydroxylation is 1. The van der Waals surface area contributed by atoms with Gasteiger partial charge in [-0.3, -0.25) is 9.69 Å². The number of nitrogens with zero attached hydrogens (tertiary/aromatic N) is 2. The molecule has 0 saturated carbocycles. The average molecular weight is 391 g/mol. The van der Waals surface area contributed by atoms with Crippen molar-refractivity contribution in [2.24, 2.45) is 5.92 Å². The van der Waals surface area contributed by atoms with Gasteiger partial charge >= 0.3 is 0 Å². The summed E-state index contributed by atoms with van der Waals surface area (Å²) in [5, 5.41) is 0. The zero-order valence-corrected chi connectivity index (χ0v) is 17.4. The Morgan fingerprint density at radius 1 is 1.00 bits per heavy atom. The second-order valence-electron chi connectivity index (χ2n) is 8.74. The molecular formula is C25H30N2O2. The van der Waals surface area contributed by atoms with Crippen LogP contribution in [0.4, 0.5) is 0 Å². The molecule has 4 aliphatic heterocycles. The lowest BCUT2D eigenvalue weighted by molar-refractivity contribution is -0.00340. The number of rotatable bonds is 4.